The monoisotopic (exact) mass is 289 g/mol. The van der Waals surface area contributed by atoms with Gasteiger partial charge in [0, 0.05) is 19.3 Å². The van der Waals surface area contributed by atoms with Crippen molar-refractivity contribution < 1.29 is 22.8 Å². The van der Waals surface area contributed by atoms with Crippen molar-refractivity contribution in [1.82, 2.24) is 10.1 Å². The molecule has 2 N–H and O–H groups in total. The molecule has 0 saturated heterocycles. The number of methoxy groups -OCH3 is 1. The van der Waals surface area contributed by atoms with Crippen LogP contribution >= 0.6 is 0 Å². The molecule has 0 bridgehead atoms. The first kappa shape index (κ1) is 14.8. The van der Waals surface area contributed by atoms with Crippen LogP contribution in [0.1, 0.15) is 43.8 Å². The zero-order valence-electron chi connectivity index (χ0n) is 11.2. The predicted octanol–water partition coefficient (Wildman–Crippen LogP) is 1.54. The van der Waals surface area contributed by atoms with Gasteiger partial charge in [0.1, 0.15) is 0 Å². The number of aryl methyl sites for hydroxylation is 1. The average Bonchev–Trinajstić information content (AvgIpc) is 2.89. The van der Waals surface area contributed by atoms with Crippen molar-refractivity contribution in [1.29, 1.82) is 0 Å². The van der Waals surface area contributed by atoms with Gasteiger partial charge in [-0.3, -0.25) is 4.79 Å². The molecule has 1 saturated carbocycles. The van der Waals surface area contributed by atoms with Gasteiger partial charge in [0.2, 0.25) is 11.8 Å². The first-order chi connectivity index (χ1) is 9.35. The number of nitrogens with two attached hydrogens (primary N) is 1. The van der Waals surface area contributed by atoms with E-state index in [9.17, 15) is 13.6 Å². The lowest BCUT2D eigenvalue weighted by molar-refractivity contribution is -0.140. The highest BCUT2D eigenvalue weighted by Gasteiger charge is 2.44. The Morgan fingerprint density at radius 3 is 2.65 bits per heavy atom. The highest BCUT2D eigenvalue weighted by atomic mass is 19.3. The van der Waals surface area contributed by atoms with Gasteiger partial charge in [-0.25, -0.2) is 8.78 Å². The van der Waals surface area contributed by atoms with E-state index >= 15 is 0 Å². The van der Waals surface area contributed by atoms with Crippen molar-refractivity contribution in [3.63, 3.8) is 0 Å². The average molecular weight is 289 g/mol. The Morgan fingerprint density at radius 1 is 1.40 bits per heavy atom. The van der Waals surface area contributed by atoms with Gasteiger partial charge >= 0.3 is 5.97 Å². The van der Waals surface area contributed by atoms with E-state index in [1.54, 1.807) is 0 Å². The largest absolute Gasteiger partial charge is 0.469 e. The van der Waals surface area contributed by atoms with Gasteiger partial charge in [-0.05, 0) is 12.8 Å². The number of ether oxygens (including phenoxy) is 1. The van der Waals surface area contributed by atoms with Gasteiger partial charge in [-0.2, -0.15) is 4.98 Å². The maximum absolute atomic E-state index is 13.1. The van der Waals surface area contributed by atoms with Crippen LogP contribution in [0.3, 0.4) is 0 Å². The molecule has 0 atom stereocenters. The molecular formula is C12H17F2N3O3. The topological polar surface area (TPSA) is 91.2 Å². The number of rotatable bonds is 4. The molecule has 1 fully saturated rings. The van der Waals surface area contributed by atoms with Crippen molar-refractivity contribution in [2.75, 3.05) is 7.11 Å². The van der Waals surface area contributed by atoms with E-state index in [1.165, 1.54) is 7.11 Å². The minimum absolute atomic E-state index is 0.107. The van der Waals surface area contributed by atoms with Crippen LogP contribution in [0.2, 0.25) is 0 Å². The number of aromatic nitrogens is 2. The van der Waals surface area contributed by atoms with Crippen molar-refractivity contribution in [2.45, 2.75) is 50.0 Å². The third-order valence-corrected chi connectivity index (χ3v) is 3.56. The number of hydrogen-bond acceptors (Lipinski definition) is 6. The minimum atomic E-state index is -2.67. The van der Waals surface area contributed by atoms with E-state index in [0.717, 1.165) is 0 Å². The number of halogens is 2. The van der Waals surface area contributed by atoms with Crippen molar-refractivity contribution in [3.8, 4) is 0 Å². The van der Waals surface area contributed by atoms with E-state index in [2.05, 4.69) is 14.9 Å². The summed E-state index contributed by atoms with van der Waals surface area (Å²) in [5, 5.41) is 3.76. The molecule has 0 amide bonds. The predicted molar refractivity (Wildman–Crippen MR) is 63.9 cm³/mol. The Morgan fingerprint density at radius 2 is 2.05 bits per heavy atom. The third-order valence-electron chi connectivity index (χ3n) is 3.56. The van der Waals surface area contributed by atoms with Gasteiger partial charge in [-0.1, -0.05) is 5.16 Å². The van der Waals surface area contributed by atoms with Crippen molar-refractivity contribution in [3.05, 3.63) is 11.7 Å². The van der Waals surface area contributed by atoms with E-state index in [4.69, 9.17) is 10.3 Å². The lowest BCUT2D eigenvalue weighted by Gasteiger charge is -2.34. The molecule has 0 radical (unpaired) electrons. The van der Waals surface area contributed by atoms with Gasteiger partial charge in [-0.15, -0.1) is 0 Å². The first-order valence-corrected chi connectivity index (χ1v) is 6.41. The maximum Gasteiger partial charge on any atom is 0.306 e. The summed E-state index contributed by atoms with van der Waals surface area (Å²) in [5.41, 5.74) is 5.11. The van der Waals surface area contributed by atoms with Crippen molar-refractivity contribution in [2.24, 2.45) is 5.73 Å². The van der Waals surface area contributed by atoms with Gasteiger partial charge in [0.25, 0.3) is 0 Å². The number of hydrogen-bond donors (Lipinski definition) is 1. The molecule has 8 heteroatoms. The van der Waals surface area contributed by atoms with E-state index in [0.29, 0.717) is 0 Å². The molecule has 2 rings (SSSR count). The molecule has 1 aliphatic carbocycles. The number of carbonyl (C=O) groups is 1. The summed E-state index contributed by atoms with van der Waals surface area (Å²) >= 11 is 0. The van der Waals surface area contributed by atoms with Crippen molar-refractivity contribution >= 4 is 5.97 Å². The fraction of sp³-hybridized carbons (Fsp3) is 0.750. The van der Waals surface area contributed by atoms with E-state index in [-0.39, 0.29) is 56.2 Å². The second-order valence-corrected chi connectivity index (χ2v) is 5.10. The van der Waals surface area contributed by atoms with Crippen LogP contribution in [0, 0.1) is 0 Å². The number of nitrogens with zero attached hydrogens (tertiary/aromatic N) is 2. The quantitative estimate of drug-likeness (QED) is 0.845. The van der Waals surface area contributed by atoms with Crippen LogP contribution < -0.4 is 5.73 Å². The third kappa shape index (κ3) is 3.30. The molecule has 1 aromatic rings. The molecule has 1 aromatic heterocycles. The molecular weight excluding hydrogens is 272 g/mol. The molecule has 0 spiro atoms. The second-order valence-electron chi connectivity index (χ2n) is 5.10. The fourth-order valence-corrected chi connectivity index (χ4v) is 2.16. The Labute approximate surface area is 114 Å². The van der Waals surface area contributed by atoms with Gasteiger partial charge in [0.15, 0.2) is 5.82 Å². The molecule has 0 aliphatic heterocycles. The van der Waals surface area contributed by atoms with Gasteiger partial charge < -0.3 is 15.0 Å². The van der Waals surface area contributed by atoms with Crippen LogP contribution in [0.5, 0.6) is 0 Å². The summed E-state index contributed by atoms with van der Waals surface area (Å²) in [6.45, 7) is 0. The maximum atomic E-state index is 13.1. The lowest BCUT2D eigenvalue weighted by atomic mass is 9.80. The summed E-state index contributed by atoms with van der Waals surface area (Å²) < 4.78 is 35.8. The molecule has 20 heavy (non-hydrogen) atoms. The molecule has 0 unspecified atom stereocenters. The minimum Gasteiger partial charge on any atom is -0.469 e. The standard InChI is InChI=1S/C12H17F2N3O3/c1-19-9(18)3-2-8-16-10(17-20-8)11(15)4-6-12(13,14)7-5-11/h2-7,15H2,1H3. The Kier molecular flexibility index (Phi) is 4.03. The zero-order chi connectivity index (χ0) is 14.8. The SMILES string of the molecule is COC(=O)CCc1nc(C2(N)CCC(F)(F)CC2)no1. The Balaban J connectivity index is 1.99. The second kappa shape index (κ2) is 5.43. The summed E-state index contributed by atoms with van der Waals surface area (Å²) in [7, 11) is 1.29. The molecule has 0 aromatic carbocycles. The lowest BCUT2D eigenvalue weighted by Crippen LogP contribution is -2.44. The highest BCUT2D eigenvalue weighted by molar-refractivity contribution is 5.69. The van der Waals surface area contributed by atoms with Crippen LogP contribution in [-0.4, -0.2) is 29.1 Å². The van der Waals surface area contributed by atoms with Crippen LogP contribution in [-0.2, 0) is 21.5 Å². The number of esters is 1. The van der Waals surface area contributed by atoms with Crippen LogP contribution in [0.25, 0.3) is 0 Å². The summed E-state index contributed by atoms with van der Waals surface area (Å²) in [5.74, 6) is -2.56. The molecule has 112 valence electrons. The molecule has 6 nitrogen and oxygen atoms in total. The van der Waals surface area contributed by atoms with Crippen LogP contribution in [0.15, 0.2) is 4.52 Å². The number of alkyl halides is 2. The Bertz CT molecular complexity index is 480. The normalized spacial score (nSPS) is 20.6. The van der Waals surface area contributed by atoms with E-state index in [1.807, 2.05) is 0 Å². The van der Waals surface area contributed by atoms with Crippen LogP contribution in [0.4, 0.5) is 8.78 Å². The smallest absolute Gasteiger partial charge is 0.306 e. The highest BCUT2D eigenvalue weighted by Crippen LogP contribution is 2.41. The zero-order valence-corrected chi connectivity index (χ0v) is 11.2. The van der Waals surface area contributed by atoms with E-state index < -0.39 is 11.5 Å². The molecule has 1 aliphatic rings. The number of carbonyl (C=O) groups excluding carboxylic acids is 1. The summed E-state index contributed by atoms with van der Waals surface area (Å²) in [6.07, 6.45) is 0.0106. The van der Waals surface area contributed by atoms with Gasteiger partial charge in [0.05, 0.1) is 19.1 Å². The fourth-order valence-electron chi connectivity index (χ4n) is 2.16. The molecule has 1 heterocycles. The summed E-state index contributed by atoms with van der Waals surface area (Å²) in [6, 6.07) is 0. The first-order valence-electron chi connectivity index (χ1n) is 6.41. The summed E-state index contributed by atoms with van der Waals surface area (Å²) in [4.78, 5) is 15.1. The Hall–Kier alpha value is -1.57.